The summed E-state index contributed by atoms with van der Waals surface area (Å²) in [6.07, 6.45) is 0. The van der Waals surface area contributed by atoms with Gasteiger partial charge in [-0.15, -0.1) is 0 Å². The van der Waals surface area contributed by atoms with Crippen LogP contribution in [0.3, 0.4) is 0 Å². The van der Waals surface area contributed by atoms with E-state index in [1.54, 1.807) is 6.07 Å². The Morgan fingerprint density at radius 2 is 1.89 bits per heavy atom. The lowest BCUT2D eigenvalue weighted by atomic mass is 10.3. The fraction of sp³-hybridized carbons (Fsp3) is 0.455. The summed E-state index contributed by atoms with van der Waals surface area (Å²) in [5.74, 6) is -3.41. The number of nitrogens with one attached hydrogen (secondary N) is 1. The summed E-state index contributed by atoms with van der Waals surface area (Å²) >= 11 is 0. The van der Waals surface area contributed by atoms with Crippen molar-refractivity contribution in [2.75, 3.05) is 32.5 Å². The topological polar surface area (TPSA) is 49.4 Å². The molecule has 102 valence electrons. The van der Waals surface area contributed by atoms with Crippen molar-refractivity contribution in [1.82, 2.24) is 4.90 Å². The fourth-order valence-corrected chi connectivity index (χ4v) is 2.28. The van der Waals surface area contributed by atoms with E-state index in [0.29, 0.717) is 13.1 Å². The van der Waals surface area contributed by atoms with E-state index >= 15 is 0 Å². The van der Waals surface area contributed by atoms with E-state index in [1.807, 2.05) is 19.0 Å². The largest absolute Gasteiger partial charge is 0.383 e. The fourth-order valence-electron chi connectivity index (χ4n) is 1.37. The van der Waals surface area contributed by atoms with Gasteiger partial charge in [-0.1, -0.05) is 12.1 Å². The van der Waals surface area contributed by atoms with Crippen LogP contribution in [0.2, 0.25) is 0 Å². The van der Waals surface area contributed by atoms with E-state index in [4.69, 9.17) is 0 Å². The molecule has 0 aromatic heterocycles. The molecular weight excluding hydrogens is 262 g/mol. The monoisotopic (exact) mass is 278 g/mol. The van der Waals surface area contributed by atoms with Crippen molar-refractivity contribution in [1.29, 1.82) is 0 Å². The van der Waals surface area contributed by atoms with Crippen LogP contribution in [0.1, 0.15) is 0 Å². The molecule has 1 rings (SSSR count). The Hall–Kier alpha value is -1.21. The van der Waals surface area contributed by atoms with Gasteiger partial charge in [-0.3, -0.25) is 0 Å². The minimum Gasteiger partial charge on any atom is -0.383 e. The first kappa shape index (κ1) is 14.8. The molecule has 0 radical (unpaired) electrons. The SMILES string of the molecule is CN(C)CCNc1ccccc1S(=O)(=O)C(F)F. The third-order valence-corrected chi connectivity index (χ3v) is 3.74. The highest BCUT2D eigenvalue weighted by Gasteiger charge is 2.28. The number of rotatable bonds is 6. The van der Waals surface area contributed by atoms with E-state index in [0.717, 1.165) is 0 Å². The number of benzene rings is 1. The Morgan fingerprint density at radius 1 is 1.28 bits per heavy atom. The Bertz CT molecular complexity index is 490. The van der Waals surface area contributed by atoms with E-state index < -0.39 is 15.6 Å². The average Bonchev–Trinajstić information content (AvgIpc) is 2.28. The predicted molar refractivity (Wildman–Crippen MR) is 66.7 cm³/mol. The maximum absolute atomic E-state index is 12.5. The summed E-state index contributed by atoms with van der Waals surface area (Å²) in [6.45, 7) is 1.14. The average molecular weight is 278 g/mol. The van der Waals surface area contributed by atoms with Crippen LogP contribution in [0.5, 0.6) is 0 Å². The van der Waals surface area contributed by atoms with Gasteiger partial charge in [0.25, 0.3) is 0 Å². The molecule has 0 fully saturated rings. The number of nitrogens with zero attached hydrogens (tertiary/aromatic N) is 1. The molecule has 0 saturated heterocycles. The first-order valence-electron chi connectivity index (χ1n) is 5.35. The summed E-state index contributed by atoms with van der Waals surface area (Å²) in [4.78, 5) is 1.54. The minimum atomic E-state index is -4.57. The van der Waals surface area contributed by atoms with Gasteiger partial charge in [0, 0.05) is 13.1 Å². The van der Waals surface area contributed by atoms with Gasteiger partial charge in [0.1, 0.15) is 0 Å². The predicted octanol–water partition coefficient (Wildman–Crippen LogP) is 1.66. The molecule has 0 spiro atoms. The Balaban J connectivity index is 2.94. The summed E-state index contributed by atoms with van der Waals surface area (Å²) in [5, 5.41) is 2.85. The van der Waals surface area contributed by atoms with Gasteiger partial charge in [-0.05, 0) is 26.2 Å². The summed E-state index contributed by atoms with van der Waals surface area (Å²) in [5.41, 5.74) is 0.208. The molecule has 0 atom stereocenters. The number of sulfone groups is 1. The summed E-state index contributed by atoms with van der Waals surface area (Å²) in [7, 11) is -0.839. The molecule has 1 aromatic rings. The molecule has 0 amide bonds. The van der Waals surface area contributed by atoms with Gasteiger partial charge in [0.05, 0.1) is 10.6 Å². The zero-order valence-electron chi connectivity index (χ0n) is 10.2. The quantitative estimate of drug-likeness (QED) is 0.859. The number of hydrogen-bond acceptors (Lipinski definition) is 4. The smallest absolute Gasteiger partial charge is 0.341 e. The van der Waals surface area contributed by atoms with Crippen LogP contribution in [0.25, 0.3) is 0 Å². The van der Waals surface area contributed by atoms with Crippen LogP contribution < -0.4 is 5.32 Å². The highest BCUT2D eigenvalue weighted by molar-refractivity contribution is 7.91. The minimum absolute atomic E-state index is 0.208. The maximum atomic E-state index is 12.5. The third kappa shape index (κ3) is 3.64. The second kappa shape index (κ2) is 6.10. The molecule has 0 unspecified atom stereocenters. The molecule has 0 aliphatic rings. The van der Waals surface area contributed by atoms with Gasteiger partial charge in [-0.2, -0.15) is 8.78 Å². The number of likely N-dealkylation sites (N-methyl/N-ethyl adjacent to an activating group) is 1. The van der Waals surface area contributed by atoms with Crippen LogP contribution in [0.4, 0.5) is 14.5 Å². The molecule has 0 bridgehead atoms. The van der Waals surface area contributed by atoms with Crippen molar-refractivity contribution in [3.63, 3.8) is 0 Å². The Labute approximate surface area is 106 Å². The Kier molecular flexibility index (Phi) is 5.03. The molecule has 0 saturated carbocycles. The molecule has 1 N–H and O–H groups in total. The molecule has 0 aliphatic carbocycles. The van der Waals surface area contributed by atoms with E-state index in [1.165, 1.54) is 18.2 Å². The van der Waals surface area contributed by atoms with Crippen LogP contribution in [0, 0.1) is 0 Å². The molecule has 4 nitrogen and oxygen atoms in total. The van der Waals surface area contributed by atoms with E-state index in [2.05, 4.69) is 5.32 Å². The highest BCUT2D eigenvalue weighted by atomic mass is 32.2. The zero-order chi connectivity index (χ0) is 13.8. The van der Waals surface area contributed by atoms with Crippen molar-refractivity contribution >= 4 is 15.5 Å². The zero-order valence-corrected chi connectivity index (χ0v) is 11.0. The van der Waals surface area contributed by atoms with Crippen molar-refractivity contribution in [2.24, 2.45) is 0 Å². The van der Waals surface area contributed by atoms with Crippen molar-refractivity contribution < 1.29 is 17.2 Å². The van der Waals surface area contributed by atoms with Crippen molar-refractivity contribution in [3.8, 4) is 0 Å². The van der Waals surface area contributed by atoms with Crippen molar-refractivity contribution in [2.45, 2.75) is 10.7 Å². The van der Waals surface area contributed by atoms with Gasteiger partial charge in [-0.25, -0.2) is 8.42 Å². The van der Waals surface area contributed by atoms with E-state index in [-0.39, 0.29) is 10.6 Å². The van der Waals surface area contributed by atoms with Crippen LogP contribution in [-0.2, 0) is 9.84 Å². The molecule has 1 aromatic carbocycles. The maximum Gasteiger partial charge on any atom is 0.341 e. The standard InChI is InChI=1S/C11H16F2N2O2S/c1-15(2)8-7-14-9-5-3-4-6-10(9)18(16,17)11(12)13/h3-6,11,14H,7-8H2,1-2H3. The molecule has 0 aliphatic heterocycles. The Morgan fingerprint density at radius 3 is 2.44 bits per heavy atom. The first-order chi connectivity index (χ1) is 8.35. The lowest BCUT2D eigenvalue weighted by molar-refractivity contribution is 0.235. The lowest BCUT2D eigenvalue weighted by Crippen LogP contribution is -2.22. The number of para-hydroxylation sites is 1. The molecular formula is C11H16F2N2O2S. The van der Waals surface area contributed by atoms with Gasteiger partial charge in [0.2, 0.25) is 9.84 Å². The van der Waals surface area contributed by atoms with Gasteiger partial charge in [0.15, 0.2) is 0 Å². The molecule has 18 heavy (non-hydrogen) atoms. The number of anilines is 1. The lowest BCUT2D eigenvalue weighted by Gasteiger charge is -2.14. The second-order valence-corrected chi connectivity index (χ2v) is 5.92. The van der Waals surface area contributed by atoms with Crippen LogP contribution in [-0.4, -0.2) is 46.3 Å². The number of halogens is 2. The number of alkyl halides is 2. The van der Waals surface area contributed by atoms with E-state index in [9.17, 15) is 17.2 Å². The molecule has 7 heteroatoms. The van der Waals surface area contributed by atoms with Crippen molar-refractivity contribution in [3.05, 3.63) is 24.3 Å². The summed E-state index contributed by atoms with van der Waals surface area (Å²) < 4.78 is 47.9. The highest BCUT2D eigenvalue weighted by Crippen LogP contribution is 2.25. The van der Waals surface area contributed by atoms with Gasteiger partial charge >= 0.3 is 5.76 Å². The van der Waals surface area contributed by atoms with Gasteiger partial charge < -0.3 is 10.2 Å². The first-order valence-corrected chi connectivity index (χ1v) is 6.90. The van der Waals surface area contributed by atoms with Crippen LogP contribution >= 0.6 is 0 Å². The van der Waals surface area contributed by atoms with Crippen LogP contribution in [0.15, 0.2) is 29.2 Å². The second-order valence-electron chi connectivity index (χ2n) is 4.03. The third-order valence-electron chi connectivity index (χ3n) is 2.30. The number of hydrogen-bond donors (Lipinski definition) is 1. The normalized spacial score (nSPS) is 12.1. The molecule has 0 heterocycles. The summed E-state index contributed by atoms with van der Waals surface area (Å²) in [6, 6.07) is 5.68.